The first-order chi connectivity index (χ1) is 6.20. The van der Waals surface area contributed by atoms with Gasteiger partial charge in [-0.15, -0.1) is 0 Å². The molecule has 0 aromatic rings. The van der Waals surface area contributed by atoms with E-state index < -0.39 is 12.0 Å². The molecule has 6 nitrogen and oxygen atoms in total. The normalized spacial score (nSPS) is 17.5. The number of aliphatic imine (C=N–C) groups is 1. The standard InChI is InChI=1S/C7H14N4O2/c8-5(6(12)13)1-2-9-7-10-3-4-11-7/h5H,1-4,8H2,(H,12,13)(H2,9,10,11). The molecular formula is C7H14N4O2. The largest absolute Gasteiger partial charge is 0.480 e. The second-order valence-corrected chi connectivity index (χ2v) is 2.82. The van der Waals surface area contributed by atoms with Gasteiger partial charge in [-0.25, -0.2) is 0 Å². The number of nitrogens with one attached hydrogen (secondary N) is 2. The van der Waals surface area contributed by atoms with Crippen molar-refractivity contribution in [2.45, 2.75) is 12.5 Å². The lowest BCUT2D eigenvalue weighted by Gasteiger charge is -2.08. The summed E-state index contributed by atoms with van der Waals surface area (Å²) in [7, 11) is 0. The van der Waals surface area contributed by atoms with Crippen molar-refractivity contribution in [2.75, 3.05) is 19.6 Å². The van der Waals surface area contributed by atoms with Gasteiger partial charge in [-0.2, -0.15) is 0 Å². The van der Waals surface area contributed by atoms with Crippen molar-refractivity contribution in [1.29, 1.82) is 0 Å². The van der Waals surface area contributed by atoms with Crippen molar-refractivity contribution in [3.8, 4) is 0 Å². The minimum atomic E-state index is -0.969. The lowest BCUT2D eigenvalue weighted by molar-refractivity contribution is -0.138. The number of guanidine groups is 1. The predicted octanol–water partition coefficient (Wildman–Crippen LogP) is -1.66. The van der Waals surface area contributed by atoms with Gasteiger partial charge in [-0.3, -0.25) is 9.79 Å². The van der Waals surface area contributed by atoms with Gasteiger partial charge in [-0.05, 0) is 6.42 Å². The van der Waals surface area contributed by atoms with E-state index in [-0.39, 0.29) is 0 Å². The maximum absolute atomic E-state index is 10.3. The Bertz CT molecular complexity index is 217. The summed E-state index contributed by atoms with van der Waals surface area (Å²) in [6.07, 6.45) is 0.399. The fourth-order valence-corrected chi connectivity index (χ4v) is 0.986. The number of carboxylic acid groups (broad SMARTS) is 1. The molecule has 1 atom stereocenters. The SMILES string of the molecule is NC(CCNC1=NCCN1)C(=O)O. The molecule has 0 spiro atoms. The Kier molecular flexibility index (Phi) is 3.51. The van der Waals surface area contributed by atoms with Crippen LogP contribution in [0.15, 0.2) is 4.99 Å². The van der Waals surface area contributed by atoms with E-state index in [1.165, 1.54) is 0 Å². The zero-order valence-electron chi connectivity index (χ0n) is 7.29. The predicted molar refractivity (Wildman–Crippen MR) is 48.5 cm³/mol. The van der Waals surface area contributed by atoms with Gasteiger partial charge in [0, 0.05) is 13.1 Å². The first-order valence-corrected chi connectivity index (χ1v) is 4.20. The van der Waals surface area contributed by atoms with Gasteiger partial charge >= 0.3 is 5.97 Å². The number of nitrogens with zero attached hydrogens (tertiary/aromatic N) is 1. The Balaban J connectivity index is 2.09. The molecule has 0 saturated heterocycles. The summed E-state index contributed by atoms with van der Waals surface area (Å²) < 4.78 is 0. The molecule has 0 aromatic heterocycles. The molecule has 0 radical (unpaired) electrons. The Morgan fingerprint density at radius 2 is 2.62 bits per heavy atom. The van der Waals surface area contributed by atoms with Gasteiger partial charge in [0.2, 0.25) is 0 Å². The van der Waals surface area contributed by atoms with Crippen LogP contribution in [0.1, 0.15) is 6.42 Å². The third-order valence-corrected chi connectivity index (χ3v) is 1.74. The van der Waals surface area contributed by atoms with Crippen LogP contribution in [-0.2, 0) is 4.79 Å². The molecule has 1 unspecified atom stereocenters. The van der Waals surface area contributed by atoms with E-state index in [0.717, 1.165) is 19.0 Å². The number of hydrogen-bond donors (Lipinski definition) is 4. The van der Waals surface area contributed by atoms with Crippen LogP contribution in [0, 0.1) is 0 Å². The zero-order valence-corrected chi connectivity index (χ0v) is 7.29. The quantitative estimate of drug-likeness (QED) is 0.421. The smallest absolute Gasteiger partial charge is 0.320 e. The average Bonchev–Trinajstić information content (AvgIpc) is 2.56. The molecule has 1 aliphatic rings. The van der Waals surface area contributed by atoms with Crippen LogP contribution in [0.3, 0.4) is 0 Å². The van der Waals surface area contributed by atoms with Gasteiger partial charge < -0.3 is 21.5 Å². The highest BCUT2D eigenvalue weighted by atomic mass is 16.4. The lowest BCUT2D eigenvalue weighted by Crippen LogP contribution is -2.38. The first kappa shape index (κ1) is 9.79. The molecule has 5 N–H and O–H groups in total. The van der Waals surface area contributed by atoms with Crippen LogP contribution in [0.2, 0.25) is 0 Å². The molecule has 0 aliphatic carbocycles. The van der Waals surface area contributed by atoms with E-state index in [2.05, 4.69) is 15.6 Å². The molecule has 0 saturated carbocycles. The van der Waals surface area contributed by atoms with E-state index in [4.69, 9.17) is 10.8 Å². The van der Waals surface area contributed by atoms with Crippen LogP contribution < -0.4 is 16.4 Å². The molecule has 74 valence electrons. The molecule has 13 heavy (non-hydrogen) atoms. The molecule has 0 aromatic carbocycles. The number of carboxylic acids is 1. The summed E-state index contributed by atoms with van der Waals surface area (Å²) in [6, 6.07) is -0.797. The maximum atomic E-state index is 10.3. The summed E-state index contributed by atoms with van der Waals surface area (Å²) in [4.78, 5) is 14.4. The fraction of sp³-hybridized carbons (Fsp3) is 0.714. The molecular weight excluding hydrogens is 172 g/mol. The monoisotopic (exact) mass is 186 g/mol. The first-order valence-electron chi connectivity index (χ1n) is 4.20. The highest BCUT2D eigenvalue weighted by Crippen LogP contribution is 1.87. The van der Waals surface area contributed by atoms with Gasteiger partial charge in [0.05, 0.1) is 6.54 Å². The molecule has 0 fully saturated rings. The molecule has 6 heteroatoms. The van der Waals surface area contributed by atoms with Crippen molar-refractivity contribution < 1.29 is 9.90 Å². The molecule has 1 aliphatic heterocycles. The van der Waals surface area contributed by atoms with E-state index in [9.17, 15) is 4.79 Å². The molecule has 1 heterocycles. The van der Waals surface area contributed by atoms with Gasteiger partial charge in [-0.1, -0.05) is 0 Å². The van der Waals surface area contributed by atoms with Crippen LogP contribution >= 0.6 is 0 Å². The topological polar surface area (TPSA) is 99.7 Å². The molecule has 1 rings (SSSR count). The summed E-state index contributed by atoms with van der Waals surface area (Å²) in [6.45, 7) is 2.14. The maximum Gasteiger partial charge on any atom is 0.320 e. The highest BCUT2D eigenvalue weighted by molar-refractivity contribution is 5.81. The van der Waals surface area contributed by atoms with E-state index in [0.29, 0.717) is 13.0 Å². The second kappa shape index (κ2) is 4.66. The molecule has 0 bridgehead atoms. The minimum Gasteiger partial charge on any atom is -0.480 e. The Hall–Kier alpha value is -1.30. The van der Waals surface area contributed by atoms with Gasteiger partial charge in [0.25, 0.3) is 0 Å². The third-order valence-electron chi connectivity index (χ3n) is 1.74. The number of rotatable bonds is 4. The number of carbonyl (C=O) groups is 1. The molecule has 0 amide bonds. The van der Waals surface area contributed by atoms with E-state index in [1.807, 2.05) is 0 Å². The number of hydrogen-bond acceptors (Lipinski definition) is 5. The van der Waals surface area contributed by atoms with E-state index in [1.54, 1.807) is 0 Å². The Morgan fingerprint density at radius 1 is 1.85 bits per heavy atom. The van der Waals surface area contributed by atoms with Gasteiger partial charge in [0.1, 0.15) is 6.04 Å². The zero-order chi connectivity index (χ0) is 9.68. The Morgan fingerprint density at radius 3 is 3.15 bits per heavy atom. The third kappa shape index (κ3) is 3.29. The van der Waals surface area contributed by atoms with Crippen LogP contribution in [0.4, 0.5) is 0 Å². The summed E-state index contributed by atoms with van der Waals surface area (Å²) in [5.74, 6) is -0.235. The fourth-order valence-electron chi connectivity index (χ4n) is 0.986. The average molecular weight is 186 g/mol. The second-order valence-electron chi connectivity index (χ2n) is 2.82. The van der Waals surface area contributed by atoms with Crippen molar-refractivity contribution in [3.63, 3.8) is 0 Å². The summed E-state index contributed by atoms with van der Waals surface area (Å²) in [5.41, 5.74) is 5.30. The summed E-state index contributed by atoms with van der Waals surface area (Å²) in [5, 5.41) is 14.4. The highest BCUT2D eigenvalue weighted by Gasteiger charge is 2.11. The van der Waals surface area contributed by atoms with Gasteiger partial charge in [0.15, 0.2) is 5.96 Å². The van der Waals surface area contributed by atoms with Crippen LogP contribution in [-0.4, -0.2) is 42.7 Å². The van der Waals surface area contributed by atoms with Crippen LogP contribution in [0.25, 0.3) is 0 Å². The van der Waals surface area contributed by atoms with Crippen molar-refractivity contribution in [2.24, 2.45) is 10.7 Å². The summed E-state index contributed by atoms with van der Waals surface area (Å²) >= 11 is 0. The lowest BCUT2D eigenvalue weighted by atomic mass is 10.2. The minimum absolute atomic E-state index is 0.399. The van der Waals surface area contributed by atoms with Crippen LogP contribution in [0.5, 0.6) is 0 Å². The number of aliphatic carboxylic acids is 1. The van der Waals surface area contributed by atoms with Crippen molar-refractivity contribution >= 4 is 11.9 Å². The number of nitrogens with two attached hydrogens (primary N) is 1. The Labute approximate surface area is 76.2 Å². The van der Waals surface area contributed by atoms with Crippen molar-refractivity contribution in [1.82, 2.24) is 10.6 Å². The van der Waals surface area contributed by atoms with E-state index >= 15 is 0 Å². The van der Waals surface area contributed by atoms with Crippen molar-refractivity contribution in [3.05, 3.63) is 0 Å².